The lowest BCUT2D eigenvalue weighted by Crippen LogP contribution is -2.51. The van der Waals surface area contributed by atoms with Gasteiger partial charge in [0.25, 0.3) is 5.91 Å². The van der Waals surface area contributed by atoms with Crippen LogP contribution in [0, 0.1) is 17.2 Å². The number of azo groups is 1. The molecular formula is C27H27F3N8O3. The summed E-state index contributed by atoms with van der Waals surface area (Å²) in [5, 5.41) is 18.5. The van der Waals surface area contributed by atoms with Gasteiger partial charge in [0.1, 0.15) is 24.2 Å². The van der Waals surface area contributed by atoms with Gasteiger partial charge in [0.15, 0.2) is 5.92 Å². The number of aromatic nitrogens is 1. The number of nitriles is 1. The fourth-order valence-electron chi connectivity index (χ4n) is 5.05. The summed E-state index contributed by atoms with van der Waals surface area (Å²) in [6.45, 7) is 3.52. The zero-order chi connectivity index (χ0) is 29.0. The summed E-state index contributed by atoms with van der Waals surface area (Å²) < 4.78 is 46.6. The van der Waals surface area contributed by atoms with E-state index in [-0.39, 0.29) is 37.8 Å². The fourth-order valence-corrected chi connectivity index (χ4v) is 5.05. The summed E-state index contributed by atoms with van der Waals surface area (Å²) in [6.07, 6.45) is -2.24. The van der Waals surface area contributed by atoms with Gasteiger partial charge < -0.3 is 24.8 Å². The summed E-state index contributed by atoms with van der Waals surface area (Å²) in [5.41, 5.74) is 1.82. The van der Waals surface area contributed by atoms with Gasteiger partial charge in [-0.2, -0.15) is 23.5 Å². The average Bonchev–Trinajstić information content (AvgIpc) is 3.41. The topological polar surface area (TPSA) is 127 Å². The molecule has 214 valence electrons. The van der Waals surface area contributed by atoms with E-state index in [0.717, 1.165) is 23.1 Å². The third kappa shape index (κ3) is 6.30. The Labute approximate surface area is 233 Å². The molecule has 0 radical (unpaired) electrons. The monoisotopic (exact) mass is 568 g/mol. The second-order valence-electron chi connectivity index (χ2n) is 9.74. The van der Waals surface area contributed by atoms with Crippen molar-refractivity contribution in [2.45, 2.75) is 19.3 Å². The minimum absolute atomic E-state index is 0.0275. The summed E-state index contributed by atoms with van der Waals surface area (Å²) in [6, 6.07) is 10.9. The molecule has 0 spiro atoms. The van der Waals surface area contributed by atoms with Gasteiger partial charge in [-0.05, 0) is 23.8 Å². The second-order valence-corrected chi connectivity index (χ2v) is 9.74. The maximum absolute atomic E-state index is 13.6. The molecule has 3 aliphatic heterocycles. The van der Waals surface area contributed by atoms with Gasteiger partial charge in [-0.25, -0.2) is 4.98 Å². The van der Waals surface area contributed by atoms with Crippen LogP contribution in [0.25, 0.3) is 0 Å². The van der Waals surface area contributed by atoms with E-state index in [9.17, 15) is 22.8 Å². The van der Waals surface area contributed by atoms with Crippen molar-refractivity contribution in [3.63, 3.8) is 0 Å². The minimum Gasteiger partial charge on any atom is -0.492 e. The zero-order valence-electron chi connectivity index (χ0n) is 22.0. The molecule has 1 aromatic heterocycles. The van der Waals surface area contributed by atoms with E-state index in [1.165, 1.54) is 11.1 Å². The molecule has 1 saturated heterocycles. The molecule has 0 aliphatic carbocycles. The zero-order valence-corrected chi connectivity index (χ0v) is 22.0. The lowest BCUT2D eigenvalue weighted by atomic mass is 10.0. The van der Waals surface area contributed by atoms with E-state index in [2.05, 4.69) is 25.4 Å². The Morgan fingerprint density at radius 2 is 1.93 bits per heavy atom. The van der Waals surface area contributed by atoms with Crippen LogP contribution in [0.3, 0.4) is 0 Å². The highest BCUT2D eigenvalue weighted by molar-refractivity contribution is 5.83. The molecule has 11 nitrogen and oxygen atoms in total. The number of pyridine rings is 1. The molecule has 14 heteroatoms. The van der Waals surface area contributed by atoms with E-state index in [0.29, 0.717) is 44.0 Å². The second kappa shape index (κ2) is 11.9. The Morgan fingerprint density at radius 3 is 2.63 bits per heavy atom. The van der Waals surface area contributed by atoms with Crippen LogP contribution in [0.4, 0.5) is 19.0 Å². The SMILES string of the molecule is N#Cc1ccc(N2CCN(C(=O)CNCCOc3cccc4c3CN(C3=CN=NC(=O)C3C(F)(F)F)C4)CC2)nc1. The van der Waals surface area contributed by atoms with E-state index in [1.54, 1.807) is 29.2 Å². The number of piperazine rings is 1. The highest BCUT2D eigenvalue weighted by Crippen LogP contribution is 2.41. The van der Waals surface area contributed by atoms with Crippen molar-refractivity contribution in [1.82, 2.24) is 20.1 Å². The molecule has 1 unspecified atom stereocenters. The Morgan fingerprint density at radius 1 is 1.12 bits per heavy atom. The van der Waals surface area contributed by atoms with E-state index >= 15 is 0 Å². The number of anilines is 1. The summed E-state index contributed by atoms with van der Waals surface area (Å²) >= 11 is 0. The molecule has 3 aliphatic rings. The number of hydrogen-bond donors (Lipinski definition) is 1. The Balaban J connectivity index is 1.07. The summed E-state index contributed by atoms with van der Waals surface area (Å²) in [5.74, 6) is -2.38. The van der Waals surface area contributed by atoms with Crippen molar-refractivity contribution in [2.24, 2.45) is 16.1 Å². The highest BCUT2D eigenvalue weighted by Gasteiger charge is 2.50. The first-order chi connectivity index (χ1) is 19.7. The third-order valence-corrected chi connectivity index (χ3v) is 7.17. The van der Waals surface area contributed by atoms with Gasteiger partial charge in [-0.1, -0.05) is 12.1 Å². The summed E-state index contributed by atoms with van der Waals surface area (Å²) in [7, 11) is 0. The van der Waals surface area contributed by atoms with Crippen LogP contribution in [-0.4, -0.2) is 78.6 Å². The molecule has 1 atom stereocenters. The number of carbonyl (C=O) groups is 2. The Kier molecular flexibility index (Phi) is 8.16. The van der Waals surface area contributed by atoms with E-state index in [4.69, 9.17) is 10.00 Å². The Bertz CT molecular complexity index is 1400. The van der Waals surface area contributed by atoms with Crippen molar-refractivity contribution >= 4 is 17.6 Å². The highest BCUT2D eigenvalue weighted by atomic mass is 19.4. The number of alkyl halides is 3. The molecule has 0 saturated carbocycles. The molecule has 5 rings (SSSR count). The van der Waals surface area contributed by atoms with Crippen LogP contribution in [0.5, 0.6) is 5.75 Å². The van der Waals surface area contributed by atoms with Crippen molar-refractivity contribution in [2.75, 3.05) is 50.8 Å². The standard InChI is InChI=1S/C27H27F3N8O3/c28-27(29,30)25-21(14-34-35-26(25)40)38-16-19-2-1-3-22(20(19)17-38)41-11-6-32-15-24(39)37-9-7-36(8-10-37)23-5-4-18(12-31)13-33-23/h1-5,13-14,25,32H,6-11,15-17H2. The van der Waals surface area contributed by atoms with Gasteiger partial charge in [0.05, 0.1) is 24.0 Å². The molecule has 0 bridgehead atoms. The first kappa shape index (κ1) is 28.0. The van der Waals surface area contributed by atoms with Gasteiger partial charge in [0, 0.05) is 57.6 Å². The normalized spacial score (nSPS) is 18.7. The quantitative estimate of drug-likeness (QED) is 0.482. The van der Waals surface area contributed by atoms with Crippen LogP contribution < -0.4 is 15.0 Å². The number of rotatable bonds is 8. The number of benzene rings is 1. The maximum Gasteiger partial charge on any atom is 0.406 e. The van der Waals surface area contributed by atoms with Crippen molar-refractivity contribution in [3.8, 4) is 11.8 Å². The molecule has 2 aromatic rings. The summed E-state index contributed by atoms with van der Waals surface area (Å²) in [4.78, 5) is 34.1. The number of ether oxygens (including phenoxy) is 1. The fraction of sp³-hybridized carbons (Fsp3) is 0.407. The van der Waals surface area contributed by atoms with E-state index in [1.807, 2.05) is 12.1 Å². The molecule has 1 N–H and O–H groups in total. The first-order valence-corrected chi connectivity index (χ1v) is 13.0. The minimum atomic E-state index is -4.77. The number of halogens is 3. The van der Waals surface area contributed by atoms with Crippen LogP contribution in [0.1, 0.15) is 16.7 Å². The predicted molar refractivity (Wildman–Crippen MR) is 139 cm³/mol. The van der Waals surface area contributed by atoms with Crippen LogP contribution in [0.2, 0.25) is 0 Å². The van der Waals surface area contributed by atoms with Gasteiger partial charge in [0.2, 0.25) is 5.91 Å². The van der Waals surface area contributed by atoms with Crippen LogP contribution in [0.15, 0.2) is 58.7 Å². The lowest BCUT2D eigenvalue weighted by Gasteiger charge is -2.35. The smallest absolute Gasteiger partial charge is 0.406 e. The van der Waals surface area contributed by atoms with Crippen molar-refractivity contribution < 1.29 is 27.5 Å². The van der Waals surface area contributed by atoms with Crippen LogP contribution >= 0.6 is 0 Å². The number of hydrogen-bond acceptors (Lipinski definition) is 9. The average molecular weight is 569 g/mol. The number of nitrogens with one attached hydrogen (secondary N) is 1. The molecule has 2 amide bonds. The third-order valence-electron chi connectivity index (χ3n) is 7.17. The molecule has 4 heterocycles. The Hall–Kier alpha value is -4.51. The van der Waals surface area contributed by atoms with Gasteiger partial charge >= 0.3 is 6.18 Å². The molecule has 41 heavy (non-hydrogen) atoms. The van der Waals surface area contributed by atoms with Gasteiger partial charge in [-0.3, -0.25) is 9.59 Å². The lowest BCUT2D eigenvalue weighted by molar-refractivity contribution is -0.177. The molecular weight excluding hydrogens is 541 g/mol. The number of carbonyl (C=O) groups excluding carboxylic acids is 2. The van der Waals surface area contributed by atoms with Crippen molar-refractivity contribution in [3.05, 3.63) is 65.1 Å². The molecule has 1 fully saturated rings. The first-order valence-electron chi connectivity index (χ1n) is 13.0. The van der Waals surface area contributed by atoms with Crippen LogP contribution in [-0.2, 0) is 22.7 Å². The van der Waals surface area contributed by atoms with Gasteiger partial charge in [-0.15, -0.1) is 5.11 Å². The van der Waals surface area contributed by atoms with Crippen molar-refractivity contribution in [1.29, 1.82) is 5.26 Å². The number of amides is 2. The predicted octanol–water partition coefficient (Wildman–Crippen LogP) is 2.60. The number of fused-ring (bicyclic) bond motifs is 1. The largest absolute Gasteiger partial charge is 0.492 e. The van der Waals surface area contributed by atoms with E-state index < -0.39 is 18.0 Å². The number of nitrogens with zero attached hydrogens (tertiary/aromatic N) is 7. The maximum atomic E-state index is 13.6. The molecule has 1 aromatic carbocycles.